The lowest BCUT2D eigenvalue weighted by Gasteiger charge is -2.24. The van der Waals surface area contributed by atoms with Crippen LogP contribution in [-0.2, 0) is 10.0 Å². The van der Waals surface area contributed by atoms with Crippen molar-refractivity contribution in [2.24, 2.45) is 0 Å². The van der Waals surface area contributed by atoms with E-state index in [1.165, 1.54) is 16.4 Å². The highest BCUT2D eigenvalue weighted by Crippen LogP contribution is 2.29. The van der Waals surface area contributed by atoms with Gasteiger partial charge in [-0.25, -0.2) is 8.42 Å². The van der Waals surface area contributed by atoms with Crippen LogP contribution in [-0.4, -0.2) is 15.0 Å². The average molecular weight is 369 g/mol. The van der Waals surface area contributed by atoms with Gasteiger partial charge in [0.25, 0.3) is 10.0 Å². The number of rotatable bonds is 4. The number of aryl methyl sites for hydroxylation is 1. The molecule has 2 aromatic carbocycles. The van der Waals surface area contributed by atoms with Gasteiger partial charge in [-0.1, -0.05) is 18.2 Å². The number of hydrogen-bond donors (Lipinski definition) is 1. The van der Waals surface area contributed by atoms with Gasteiger partial charge in [0.2, 0.25) is 0 Å². The molecular weight excluding hydrogens is 352 g/mol. The summed E-state index contributed by atoms with van der Waals surface area (Å²) in [6, 6.07) is 12.1. The molecule has 2 N–H and O–H groups in total. The van der Waals surface area contributed by atoms with Gasteiger partial charge in [-0.05, 0) is 59.6 Å². The van der Waals surface area contributed by atoms with Gasteiger partial charge in [0, 0.05) is 16.7 Å². The molecule has 0 heterocycles. The summed E-state index contributed by atoms with van der Waals surface area (Å²) in [6.07, 6.45) is 0. The molecule has 2 aromatic rings. The smallest absolute Gasteiger partial charge is 0.264 e. The number of benzene rings is 2. The Morgan fingerprint density at radius 1 is 1.19 bits per heavy atom. The van der Waals surface area contributed by atoms with Crippen LogP contribution in [0.25, 0.3) is 0 Å². The average Bonchev–Trinajstić information content (AvgIpc) is 2.44. The Morgan fingerprint density at radius 2 is 1.86 bits per heavy atom. The predicted molar refractivity (Wildman–Crippen MR) is 89.9 cm³/mol. The first-order valence-electron chi connectivity index (χ1n) is 6.51. The molecule has 0 aromatic heterocycles. The summed E-state index contributed by atoms with van der Waals surface area (Å²) in [4.78, 5) is 0.216. The molecule has 112 valence electrons. The molecule has 0 bridgehead atoms. The zero-order valence-electron chi connectivity index (χ0n) is 11.9. The Hall–Kier alpha value is -1.53. The Balaban J connectivity index is 2.55. The van der Waals surface area contributed by atoms with Crippen LogP contribution in [0.2, 0.25) is 0 Å². The van der Waals surface area contributed by atoms with E-state index >= 15 is 0 Å². The highest BCUT2D eigenvalue weighted by Gasteiger charge is 2.25. The lowest BCUT2D eigenvalue weighted by Crippen LogP contribution is -2.31. The molecule has 0 saturated carbocycles. The topological polar surface area (TPSA) is 63.4 Å². The molecule has 0 aliphatic rings. The van der Waals surface area contributed by atoms with Crippen molar-refractivity contribution < 1.29 is 8.42 Å². The summed E-state index contributed by atoms with van der Waals surface area (Å²) in [7, 11) is -3.62. The molecule has 6 heteroatoms. The number of hydrogen-bond acceptors (Lipinski definition) is 3. The van der Waals surface area contributed by atoms with Crippen LogP contribution in [0.15, 0.2) is 51.8 Å². The van der Waals surface area contributed by atoms with Gasteiger partial charge in [0.05, 0.1) is 10.6 Å². The zero-order valence-corrected chi connectivity index (χ0v) is 14.3. The highest BCUT2D eigenvalue weighted by atomic mass is 79.9. The molecule has 0 atom stereocenters. The standard InChI is InChI=1S/C15H17BrN2O2S/c1-3-18(15-7-5-4-6-11(15)2)21(19,20)12-8-9-14(17)13(16)10-12/h4-10H,3,17H2,1-2H3. The zero-order chi connectivity index (χ0) is 15.6. The van der Waals surface area contributed by atoms with Crippen molar-refractivity contribution in [1.29, 1.82) is 0 Å². The van der Waals surface area contributed by atoms with Crippen molar-refractivity contribution in [2.75, 3.05) is 16.6 Å². The number of anilines is 2. The van der Waals surface area contributed by atoms with Crippen molar-refractivity contribution in [3.63, 3.8) is 0 Å². The molecule has 0 radical (unpaired) electrons. The lowest BCUT2D eigenvalue weighted by atomic mass is 10.2. The molecule has 4 nitrogen and oxygen atoms in total. The lowest BCUT2D eigenvalue weighted by molar-refractivity contribution is 0.591. The molecule has 0 aliphatic carbocycles. The molecule has 0 amide bonds. The van der Waals surface area contributed by atoms with Crippen molar-refractivity contribution in [3.05, 3.63) is 52.5 Å². The van der Waals surface area contributed by atoms with Gasteiger partial charge in [-0.3, -0.25) is 4.31 Å². The second kappa shape index (κ2) is 6.07. The predicted octanol–water partition coefficient (Wildman–Crippen LogP) is 3.55. The van der Waals surface area contributed by atoms with Crippen LogP contribution < -0.4 is 10.0 Å². The van der Waals surface area contributed by atoms with Gasteiger partial charge in [-0.15, -0.1) is 0 Å². The number of sulfonamides is 1. The van der Waals surface area contributed by atoms with E-state index in [9.17, 15) is 8.42 Å². The quantitative estimate of drug-likeness (QED) is 0.839. The second-order valence-corrected chi connectivity index (χ2v) is 7.36. The molecule has 21 heavy (non-hydrogen) atoms. The molecule has 0 spiro atoms. The van der Waals surface area contributed by atoms with Crippen LogP contribution in [0.4, 0.5) is 11.4 Å². The van der Waals surface area contributed by atoms with Gasteiger partial charge < -0.3 is 5.73 Å². The fraction of sp³-hybridized carbons (Fsp3) is 0.200. The molecule has 0 fully saturated rings. The summed E-state index contributed by atoms with van der Waals surface area (Å²) >= 11 is 3.27. The molecule has 0 saturated heterocycles. The van der Waals surface area contributed by atoms with Gasteiger partial charge >= 0.3 is 0 Å². The Morgan fingerprint density at radius 3 is 2.43 bits per heavy atom. The normalized spacial score (nSPS) is 11.4. The summed E-state index contributed by atoms with van der Waals surface area (Å²) in [5, 5.41) is 0. The van der Waals surface area contributed by atoms with E-state index in [0.717, 1.165) is 5.56 Å². The summed E-state index contributed by atoms with van der Waals surface area (Å²) in [5.74, 6) is 0. The van der Waals surface area contributed by atoms with Crippen LogP contribution in [0.1, 0.15) is 12.5 Å². The molecule has 0 unspecified atom stereocenters. The minimum absolute atomic E-state index is 0.216. The van der Waals surface area contributed by atoms with Crippen LogP contribution in [0, 0.1) is 6.92 Å². The van der Waals surface area contributed by atoms with E-state index in [-0.39, 0.29) is 4.90 Å². The highest BCUT2D eigenvalue weighted by molar-refractivity contribution is 9.10. The first-order chi connectivity index (χ1) is 9.87. The van der Waals surface area contributed by atoms with Crippen LogP contribution in [0.3, 0.4) is 0 Å². The number of halogens is 1. The number of nitrogen functional groups attached to an aromatic ring is 1. The van der Waals surface area contributed by atoms with Crippen molar-refractivity contribution in [3.8, 4) is 0 Å². The Kier molecular flexibility index (Phi) is 4.58. The van der Waals surface area contributed by atoms with E-state index in [1.807, 2.05) is 38.1 Å². The maximum atomic E-state index is 12.8. The van der Waals surface area contributed by atoms with Gasteiger partial charge in [-0.2, -0.15) is 0 Å². The maximum absolute atomic E-state index is 12.8. The first kappa shape index (κ1) is 15.9. The fourth-order valence-corrected chi connectivity index (χ4v) is 4.20. The minimum atomic E-state index is -3.62. The second-order valence-electron chi connectivity index (χ2n) is 4.64. The minimum Gasteiger partial charge on any atom is -0.398 e. The van der Waals surface area contributed by atoms with Crippen molar-refractivity contribution in [1.82, 2.24) is 0 Å². The number of nitrogens with zero attached hydrogens (tertiary/aromatic N) is 1. The third-order valence-corrected chi connectivity index (χ3v) is 5.80. The van der Waals surface area contributed by atoms with Gasteiger partial charge in [0.1, 0.15) is 0 Å². The van der Waals surface area contributed by atoms with E-state index in [0.29, 0.717) is 22.4 Å². The number of para-hydroxylation sites is 1. The fourth-order valence-electron chi connectivity index (χ4n) is 2.11. The van der Waals surface area contributed by atoms with E-state index < -0.39 is 10.0 Å². The van der Waals surface area contributed by atoms with E-state index in [4.69, 9.17) is 5.73 Å². The Labute approximate surface area is 133 Å². The summed E-state index contributed by atoms with van der Waals surface area (Å²) in [6.45, 7) is 4.07. The van der Waals surface area contributed by atoms with Crippen LogP contribution >= 0.6 is 15.9 Å². The Bertz CT molecular complexity index is 760. The third kappa shape index (κ3) is 3.06. The molecule has 2 rings (SSSR count). The van der Waals surface area contributed by atoms with Crippen LogP contribution in [0.5, 0.6) is 0 Å². The molecular formula is C15H17BrN2O2S. The number of nitrogens with two attached hydrogens (primary N) is 1. The summed E-state index contributed by atoms with van der Waals surface area (Å²) in [5.41, 5.74) is 7.83. The van der Waals surface area contributed by atoms with E-state index in [2.05, 4.69) is 15.9 Å². The largest absolute Gasteiger partial charge is 0.398 e. The molecule has 0 aliphatic heterocycles. The summed E-state index contributed by atoms with van der Waals surface area (Å²) < 4.78 is 27.7. The SMILES string of the molecule is CCN(c1ccccc1C)S(=O)(=O)c1ccc(N)c(Br)c1. The van der Waals surface area contributed by atoms with Crippen molar-refractivity contribution >= 4 is 37.3 Å². The first-order valence-corrected chi connectivity index (χ1v) is 8.74. The monoisotopic (exact) mass is 368 g/mol. The van der Waals surface area contributed by atoms with E-state index in [1.54, 1.807) is 6.07 Å². The maximum Gasteiger partial charge on any atom is 0.264 e. The third-order valence-electron chi connectivity index (χ3n) is 3.23. The van der Waals surface area contributed by atoms with Gasteiger partial charge in [0.15, 0.2) is 0 Å². The van der Waals surface area contributed by atoms with Crippen molar-refractivity contribution in [2.45, 2.75) is 18.7 Å².